The summed E-state index contributed by atoms with van der Waals surface area (Å²) in [6.07, 6.45) is 0.752. The summed E-state index contributed by atoms with van der Waals surface area (Å²) in [7, 11) is 0. The van der Waals surface area contributed by atoms with Gasteiger partial charge in [0, 0.05) is 23.2 Å². The van der Waals surface area contributed by atoms with Crippen LogP contribution in [0.3, 0.4) is 0 Å². The minimum Gasteiger partial charge on any atom is -0.351 e. The quantitative estimate of drug-likeness (QED) is 0.519. The number of benzene rings is 3. The van der Waals surface area contributed by atoms with Gasteiger partial charge in [-0.15, -0.1) is 0 Å². The Morgan fingerprint density at radius 3 is 2.52 bits per heavy atom. The van der Waals surface area contributed by atoms with Crippen LogP contribution in [-0.4, -0.2) is 23.5 Å². The molecule has 4 aromatic rings. The molecule has 0 radical (unpaired) electrons. The zero-order valence-corrected chi connectivity index (χ0v) is 16.7. The Kier molecular flexibility index (Phi) is 4.59. The van der Waals surface area contributed by atoms with Gasteiger partial charge in [0.25, 0.3) is 5.91 Å². The van der Waals surface area contributed by atoms with E-state index in [-0.39, 0.29) is 5.91 Å². The van der Waals surface area contributed by atoms with Gasteiger partial charge in [-0.3, -0.25) is 9.69 Å². The highest BCUT2D eigenvalue weighted by atomic mass is 16.2. The molecule has 0 unspecified atom stereocenters. The minimum atomic E-state index is -0.491. The van der Waals surface area contributed by atoms with Gasteiger partial charge in [0.15, 0.2) is 0 Å². The molecule has 3 aromatic carbocycles. The molecule has 6 heteroatoms. The first-order chi connectivity index (χ1) is 15.1. The summed E-state index contributed by atoms with van der Waals surface area (Å²) in [5, 5.41) is 3.75. The van der Waals surface area contributed by atoms with Crippen molar-refractivity contribution in [3.63, 3.8) is 0 Å². The Bertz CT molecular complexity index is 1320. The highest BCUT2D eigenvalue weighted by Crippen LogP contribution is 2.31. The number of primary amides is 1. The van der Waals surface area contributed by atoms with Crippen LogP contribution >= 0.6 is 0 Å². The maximum absolute atomic E-state index is 13.3. The Balaban J connectivity index is 1.53. The largest absolute Gasteiger partial charge is 0.351 e. The van der Waals surface area contributed by atoms with Gasteiger partial charge in [0.05, 0.1) is 22.5 Å². The lowest BCUT2D eigenvalue weighted by molar-refractivity contribution is 0.102. The number of aromatic nitrogens is 1. The fraction of sp³-hybridized carbons (Fsp3) is 0.0800. The van der Waals surface area contributed by atoms with Crippen molar-refractivity contribution in [1.29, 1.82) is 0 Å². The Morgan fingerprint density at radius 1 is 0.935 bits per heavy atom. The first kappa shape index (κ1) is 18.8. The van der Waals surface area contributed by atoms with Gasteiger partial charge < -0.3 is 11.1 Å². The van der Waals surface area contributed by atoms with E-state index in [9.17, 15) is 9.59 Å². The summed E-state index contributed by atoms with van der Waals surface area (Å²) in [6.45, 7) is 0.553. The average molecular weight is 408 g/mol. The molecule has 0 fully saturated rings. The van der Waals surface area contributed by atoms with Crippen LogP contribution in [0.2, 0.25) is 0 Å². The van der Waals surface area contributed by atoms with Crippen molar-refractivity contribution in [2.45, 2.75) is 6.42 Å². The monoisotopic (exact) mass is 408 g/mol. The molecule has 1 aromatic heterocycles. The van der Waals surface area contributed by atoms with Crippen LogP contribution in [0.25, 0.3) is 22.2 Å². The van der Waals surface area contributed by atoms with Gasteiger partial charge >= 0.3 is 6.03 Å². The van der Waals surface area contributed by atoms with Crippen LogP contribution in [0.4, 0.5) is 16.2 Å². The number of carbonyl (C=O) groups is 2. The molecule has 1 aliphatic heterocycles. The van der Waals surface area contributed by atoms with Gasteiger partial charge in [-0.05, 0) is 36.2 Å². The molecule has 3 amide bonds. The third kappa shape index (κ3) is 3.48. The smallest absolute Gasteiger partial charge is 0.319 e. The van der Waals surface area contributed by atoms with E-state index in [1.165, 1.54) is 4.90 Å². The van der Waals surface area contributed by atoms with Crippen LogP contribution in [0, 0.1) is 0 Å². The number of pyridine rings is 1. The molecule has 6 nitrogen and oxygen atoms in total. The van der Waals surface area contributed by atoms with Crippen molar-refractivity contribution in [2.75, 3.05) is 16.8 Å². The molecule has 31 heavy (non-hydrogen) atoms. The van der Waals surface area contributed by atoms with Crippen LogP contribution in [0.1, 0.15) is 15.9 Å². The number of para-hydroxylation sites is 1. The van der Waals surface area contributed by atoms with E-state index in [1.54, 1.807) is 6.07 Å². The predicted octanol–water partition coefficient (Wildman–Crippen LogP) is 4.60. The topological polar surface area (TPSA) is 88.3 Å². The van der Waals surface area contributed by atoms with Crippen molar-refractivity contribution in [1.82, 2.24) is 4.98 Å². The van der Waals surface area contributed by atoms with E-state index in [4.69, 9.17) is 10.7 Å². The summed E-state index contributed by atoms with van der Waals surface area (Å²) in [5.74, 6) is -0.237. The number of fused-ring (bicyclic) bond motifs is 2. The van der Waals surface area contributed by atoms with E-state index in [0.29, 0.717) is 17.8 Å². The van der Waals surface area contributed by atoms with Crippen molar-refractivity contribution >= 4 is 34.2 Å². The van der Waals surface area contributed by atoms with Gasteiger partial charge in [-0.2, -0.15) is 0 Å². The van der Waals surface area contributed by atoms with Gasteiger partial charge in [0.2, 0.25) is 0 Å². The summed E-state index contributed by atoms with van der Waals surface area (Å²) in [4.78, 5) is 31.2. The number of carbonyl (C=O) groups excluding carboxylic acids is 2. The molecular weight excluding hydrogens is 388 g/mol. The number of urea groups is 1. The number of amides is 3. The molecule has 5 rings (SSSR count). The third-order valence-corrected chi connectivity index (χ3v) is 5.54. The molecule has 0 saturated heterocycles. The molecule has 2 heterocycles. The number of hydrogen-bond donors (Lipinski definition) is 2. The van der Waals surface area contributed by atoms with Gasteiger partial charge in [-0.1, -0.05) is 54.6 Å². The maximum atomic E-state index is 13.3. The molecule has 0 bridgehead atoms. The average Bonchev–Trinajstić information content (AvgIpc) is 3.22. The van der Waals surface area contributed by atoms with Crippen LogP contribution < -0.4 is 16.0 Å². The fourth-order valence-corrected chi connectivity index (χ4v) is 4.00. The molecule has 0 aliphatic carbocycles. The maximum Gasteiger partial charge on any atom is 0.319 e. The fourth-order valence-electron chi connectivity index (χ4n) is 4.00. The van der Waals surface area contributed by atoms with Gasteiger partial charge in [0.1, 0.15) is 0 Å². The standard InChI is InChI=1S/C25H20N4O2/c26-25(31)29-13-12-17-10-11-18(14-23(17)29)27-24(30)20-15-22(16-6-2-1-3-7-16)28-21-9-5-4-8-19(20)21/h1-11,14-15H,12-13H2,(H2,26,31)(H,27,30). The van der Waals surface area contributed by atoms with Crippen molar-refractivity contribution < 1.29 is 9.59 Å². The number of nitrogens with zero attached hydrogens (tertiary/aromatic N) is 2. The molecule has 1 aliphatic rings. The highest BCUT2D eigenvalue weighted by Gasteiger charge is 2.23. The van der Waals surface area contributed by atoms with Crippen molar-refractivity contribution in [2.24, 2.45) is 5.73 Å². The number of anilines is 2. The second-order valence-electron chi connectivity index (χ2n) is 7.48. The summed E-state index contributed by atoms with van der Waals surface area (Å²) < 4.78 is 0. The summed E-state index contributed by atoms with van der Waals surface area (Å²) in [6, 6.07) is 24.3. The lowest BCUT2D eigenvalue weighted by atomic mass is 10.0. The number of nitrogens with one attached hydrogen (secondary N) is 1. The zero-order valence-electron chi connectivity index (χ0n) is 16.7. The van der Waals surface area contributed by atoms with Crippen LogP contribution in [0.15, 0.2) is 78.9 Å². The molecule has 0 spiro atoms. The SMILES string of the molecule is NC(=O)N1CCc2ccc(NC(=O)c3cc(-c4ccccc4)nc4ccccc34)cc21. The van der Waals surface area contributed by atoms with Crippen molar-refractivity contribution in [3.8, 4) is 11.3 Å². The van der Waals surface area contributed by atoms with Gasteiger partial charge in [-0.25, -0.2) is 9.78 Å². The molecule has 0 atom stereocenters. The Hall–Kier alpha value is -4.19. The number of hydrogen-bond acceptors (Lipinski definition) is 3. The molecule has 3 N–H and O–H groups in total. The number of nitrogens with two attached hydrogens (primary N) is 1. The zero-order chi connectivity index (χ0) is 21.4. The van der Waals surface area contributed by atoms with Crippen LogP contribution in [0.5, 0.6) is 0 Å². The van der Waals surface area contributed by atoms with Crippen molar-refractivity contribution in [3.05, 3.63) is 90.0 Å². The third-order valence-electron chi connectivity index (χ3n) is 5.54. The van der Waals surface area contributed by atoms with E-state index < -0.39 is 6.03 Å². The van der Waals surface area contributed by atoms with Crippen LogP contribution in [-0.2, 0) is 6.42 Å². The summed E-state index contributed by atoms with van der Waals surface area (Å²) >= 11 is 0. The summed E-state index contributed by atoms with van der Waals surface area (Å²) in [5.41, 5.74) is 10.8. The second kappa shape index (κ2) is 7.57. The predicted molar refractivity (Wildman–Crippen MR) is 122 cm³/mol. The normalized spacial score (nSPS) is 12.6. The second-order valence-corrected chi connectivity index (χ2v) is 7.48. The highest BCUT2D eigenvalue weighted by molar-refractivity contribution is 6.13. The Labute approximate surface area is 179 Å². The molecule has 152 valence electrons. The molecular formula is C25H20N4O2. The first-order valence-electron chi connectivity index (χ1n) is 10.1. The number of rotatable bonds is 3. The minimum absolute atomic E-state index is 0.237. The van der Waals surface area contributed by atoms with E-state index in [0.717, 1.165) is 39.8 Å². The van der Waals surface area contributed by atoms with E-state index in [1.807, 2.05) is 72.8 Å². The van der Waals surface area contributed by atoms with E-state index >= 15 is 0 Å². The van der Waals surface area contributed by atoms with E-state index in [2.05, 4.69) is 5.32 Å². The Morgan fingerprint density at radius 2 is 1.71 bits per heavy atom. The lowest BCUT2D eigenvalue weighted by Gasteiger charge is -2.15. The molecule has 0 saturated carbocycles. The lowest BCUT2D eigenvalue weighted by Crippen LogP contribution is -2.34. The first-order valence-corrected chi connectivity index (χ1v) is 10.1.